The van der Waals surface area contributed by atoms with E-state index in [-0.39, 0.29) is 11.5 Å². The van der Waals surface area contributed by atoms with E-state index < -0.39 is 11.9 Å². The van der Waals surface area contributed by atoms with E-state index in [0.29, 0.717) is 37.4 Å². The highest BCUT2D eigenvalue weighted by Crippen LogP contribution is 2.34. The number of hydrogen-bond acceptors (Lipinski definition) is 4. The summed E-state index contributed by atoms with van der Waals surface area (Å²) < 4.78 is 29.9. The Balaban J connectivity index is 2.40. The molecule has 0 saturated heterocycles. The minimum Gasteiger partial charge on any atom is -0.410 e. The topological polar surface area (TPSA) is 48.0 Å². The average molecular weight is 387 g/mol. The van der Waals surface area contributed by atoms with Crippen molar-refractivity contribution in [3.63, 3.8) is 0 Å². The Labute approximate surface area is 165 Å². The van der Waals surface area contributed by atoms with Crippen molar-refractivity contribution in [1.29, 1.82) is 0 Å². The van der Waals surface area contributed by atoms with Gasteiger partial charge in [0.15, 0.2) is 0 Å². The number of halogens is 1. The number of ether oxygens (including phenoxy) is 3. The third-order valence-corrected chi connectivity index (χ3v) is 4.43. The Bertz CT molecular complexity index is 865. The van der Waals surface area contributed by atoms with Crippen molar-refractivity contribution in [2.75, 3.05) is 40.5 Å². The van der Waals surface area contributed by atoms with Crippen LogP contribution in [0.25, 0.3) is 10.8 Å². The average Bonchev–Trinajstić information content (AvgIpc) is 2.67. The summed E-state index contributed by atoms with van der Waals surface area (Å²) in [6, 6.07) is 6.42. The maximum Gasteiger partial charge on any atom is 0.415 e. The summed E-state index contributed by atoms with van der Waals surface area (Å²) in [5, 5.41) is 1.40. The van der Waals surface area contributed by atoms with Gasteiger partial charge in [-0.1, -0.05) is 25.8 Å². The van der Waals surface area contributed by atoms with Crippen LogP contribution in [0.2, 0.25) is 0 Å². The van der Waals surface area contributed by atoms with Gasteiger partial charge in [0.2, 0.25) is 0 Å². The molecular formula is C22H26FNO4. The zero-order valence-corrected chi connectivity index (χ0v) is 16.8. The van der Waals surface area contributed by atoms with Crippen LogP contribution >= 0.6 is 0 Å². The first-order valence-corrected chi connectivity index (χ1v) is 9.10. The molecule has 0 fully saturated rings. The fraction of sp³-hybridized carbons (Fsp3) is 0.409. The molecule has 2 rings (SSSR count). The van der Waals surface area contributed by atoms with Crippen molar-refractivity contribution >= 4 is 16.9 Å². The Kier molecular flexibility index (Phi) is 7.80. The van der Waals surface area contributed by atoms with Crippen LogP contribution in [0.15, 0.2) is 24.3 Å². The lowest BCUT2D eigenvalue weighted by Gasteiger charge is -2.22. The number of nitrogens with zero attached hydrogens (tertiary/aromatic N) is 1. The van der Waals surface area contributed by atoms with Gasteiger partial charge in [0.1, 0.15) is 11.6 Å². The molecule has 0 aliphatic rings. The van der Waals surface area contributed by atoms with E-state index in [1.807, 2.05) is 13.8 Å². The molecule has 2 aromatic rings. The summed E-state index contributed by atoms with van der Waals surface area (Å²) >= 11 is 0. The van der Waals surface area contributed by atoms with Gasteiger partial charge in [-0.25, -0.2) is 9.18 Å². The molecule has 0 heterocycles. The van der Waals surface area contributed by atoms with E-state index in [1.165, 1.54) is 11.0 Å². The van der Waals surface area contributed by atoms with Crippen LogP contribution < -0.4 is 4.74 Å². The summed E-state index contributed by atoms with van der Waals surface area (Å²) in [4.78, 5) is 14.1. The molecule has 2 aromatic carbocycles. The highest BCUT2D eigenvalue weighted by atomic mass is 19.1. The highest BCUT2D eigenvalue weighted by Gasteiger charge is 2.19. The first-order valence-electron chi connectivity index (χ1n) is 9.10. The molecule has 0 saturated carbocycles. The van der Waals surface area contributed by atoms with Crippen LogP contribution in [0.3, 0.4) is 0 Å². The second-order valence-electron chi connectivity index (χ2n) is 6.67. The lowest BCUT2D eigenvalue weighted by atomic mass is 9.92. The first kappa shape index (κ1) is 21.7. The zero-order chi connectivity index (χ0) is 20.7. The van der Waals surface area contributed by atoms with E-state index >= 15 is 0 Å². The van der Waals surface area contributed by atoms with E-state index in [2.05, 4.69) is 5.92 Å². The molecule has 0 spiro atoms. The van der Waals surface area contributed by atoms with Crippen LogP contribution in [0.1, 0.15) is 30.9 Å². The third-order valence-electron chi connectivity index (χ3n) is 4.43. The second-order valence-corrected chi connectivity index (χ2v) is 6.67. The molecule has 0 aliphatic heterocycles. The van der Waals surface area contributed by atoms with E-state index in [0.717, 1.165) is 10.9 Å². The first-order chi connectivity index (χ1) is 13.4. The van der Waals surface area contributed by atoms with Crippen molar-refractivity contribution < 1.29 is 23.4 Å². The predicted molar refractivity (Wildman–Crippen MR) is 107 cm³/mol. The highest BCUT2D eigenvalue weighted by molar-refractivity contribution is 5.93. The number of terminal acetylenes is 1. The Morgan fingerprint density at radius 3 is 2.36 bits per heavy atom. The molecule has 5 nitrogen and oxygen atoms in total. The summed E-state index contributed by atoms with van der Waals surface area (Å²) in [5.41, 5.74) is 1.05. The SMILES string of the molecule is C#Cc1c(F)ccc2cc(OC(=O)N(CCOC)CCOC)cc(C(C)C)c12. The van der Waals surface area contributed by atoms with Crippen molar-refractivity contribution in [1.82, 2.24) is 4.90 Å². The lowest BCUT2D eigenvalue weighted by molar-refractivity contribution is 0.102. The van der Waals surface area contributed by atoms with Gasteiger partial charge in [0.25, 0.3) is 0 Å². The minimum atomic E-state index is -0.498. The van der Waals surface area contributed by atoms with Gasteiger partial charge in [0.05, 0.1) is 18.8 Å². The Morgan fingerprint density at radius 2 is 1.82 bits per heavy atom. The van der Waals surface area contributed by atoms with Crippen molar-refractivity contribution in [2.24, 2.45) is 0 Å². The molecule has 1 amide bonds. The summed E-state index contributed by atoms with van der Waals surface area (Å²) in [6.07, 6.45) is 5.03. The Morgan fingerprint density at radius 1 is 1.18 bits per heavy atom. The van der Waals surface area contributed by atoms with Gasteiger partial charge in [-0.2, -0.15) is 0 Å². The molecule has 0 bridgehead atoms. The number of carbonyl (C=O) groups is 1. The number of hydrogen-bond donors (Lipinski definition) is 0. The predicted octanol–water partition coefficient (Wildman–Crippen LogP) is 4.18. The molecule has 0 unspecified atom stereocenters. The molecule has 6 heteroatoms. The van der Waals surface area contributed by atoms with Gasteiger partial charge < -0.3 is 19.1 Å². The van der Waals surface area contributed by atoms with E-state index in [1.54, 1.807) is 32.4 Å². The molecule has 0 aromatic heterocycles. The monoisotopic (exact) mass is 387 g/mol. The maximum atomic E-state index is 14.2. The fourth-order valence-corrected chi connectivity index (χ4v) is 2.96. The molecule has 0 radical (unpaired) electrons. The normalized spacial score (nSPS) is 10.9. The number of amides is 1. The molecule has 0 aliphatic carbocycles. The van der Waals surface area contributed by atoms with Crippen LogP contribution in [-0.4, -0.2) is 51.5 Å². The van der Waals surface area contributed by atoms with E-state index in [9.17, 15) is 9.18 Å². The van der Waals surface area contributed by atoms with Gasteiger partial charge in [-0.15, -0.1) is 6.42 Å². The number of rotatable bonds is 8. The zero-order valence-electron chi connectivity index (χ0n) is 16.8. The van der Waals surface area contributed by atoms with Gasteiger partial charge in [0, 0.05) is 32.7 Å². The molecular weight excluding hydrogens is 361 g/mol. The quantitative estimate of drug-likeness (QED) is 0.638. The van der Waals surface area contributed by atoms with Crippen LogP contribution in [-0.2, 0) is 9.47 Å². The van der Waals surface area contributed by atoms with Gasteiger partial charge in [-0.05, 0) is 35.1 Å². The maximum absolute atomic E-state index is 14.2. The number of carbonyl (C=O) groups excluding carboxylic acids is 1. The second kappa shape index (κ2) is 10.1. The van der Waals surface area contributed by atoms with E-state index in [4.69, 9.17) is 20.6 Å². The molecule has 150 valence electrons. The van der Waals surface area contributed by atoms with Crippen molar-refractivity contribution in [3.8, 4) is 18.1 Å². The third kappa shape index (κ3) is 5.00. The van der Waals surface area contributed by atoms with Gasteiger partial charge >= 0.3 is 6.09 Å². The number of methoxy groups -OCH3 is 2. The fourth-order valence-electron chi connectivity index (χ4n) is 2.96. The lowest BCUT2D eigenvalue weighted by Crippen LogP contribution is -2.38. The largest absolute Gasteiger partial charge is 0.415 e. The molecule has 28 heavy (non-hydrogen) atoms. The number of benzene rings is 2. The van der Waals surface area contributed by atoms with Crippen LogP contribution in [0.5, 0.6) is 5.75 Å². The Hall–Kier alpha value is -2.62. The summed E-state index contributed by atoms with van der Waals surface area (Å²) in [7, 11) is 3.14. The molecule has 0 N–H and O–H groups in total. The van der Waals surface area contributed by atoms with Gasteiger partial charge in [-0.3, -0.25) is 0 Å². The molecule has 0 atom stereocenters. The van der Waals surface area contributed by atoms with Crippen LogP contribution in [0.4, 0.5) is 9.18 Å². The van der Waals surface area contributed by atoms with Crippen LogP contribution in [0, 0.1) is 18.2 Å². The summed E-state index contributed by atoms with van der Waals surface area (Å²) in [6.45, 7) is 5.51. The summed E-state index contributed by atoms with van der Waals surface area (Å²) in [5.74, 6) is 2.45. The standard InChI is InChI=1S/C22H26FNO4/c1-6-18-20(23)8-7-16-13-17(14-19(15(2)3)21(16)18)28-22(25)24(9-11-26-4)10-12-27-5/h1,7-8,13-15H,9-12H2,2-5H3. The van der Waals surface area contributed by atoms with Crippen molar-refractivity contribution in [3.05, 3.63) is 41.2 Å². The number of fused-ring (bicyclic) bond motifs is 1. The smallest absolute Gasteiger partial charge is 0.410 e. The van der Waals surface area contributed by atoms with Crippen molar-refractivity contribution in [2.45, 2.75) is 19.8 Å². The minimum absolute atomic E-state index is 0.0631.